The highest BCUT2D eigenvalue weighted by molar-refractivity contribution is 9.10. The molecule has 0 saturated carbocycles. The van der Waals surface area contributed by atoms with Gasteiger partial charge >= 0.3 is 0 Å². The number of rotatable bonds is 0. The molecule has 1 unspecified atom stereocenters. The van der Waals surface area contributed by atoms with Gasteiger partial charge < -0.3 is 5.32 Å². The van der Waals surface area contributed by atoms with Crippen LogP contribution in [0.1, 0.15) is 24.1 Å². The smallest absolute Gasteiger partial charge is 0.0298 e. The van der Waals surface area contributed by atoms with E-state index in [1.165, 1.54) is 15.6 Å². The van der Waals surface area contributed by atoms with E-state index in [4.69, 9.17) is 0 Å². The molecule has 2 rings (SSSR count). The van der Waals surface area contributed by atoms with E-state index < -0.39 is 0 Å². The van der Waals surface area contributed by atoms with Gasteiger partial charge in [0.05, 0.1) is 0 Å². The highest BCUT2D eigenvalue weighted by atomic mass is 79.9. The molecule has 1 aromatic rings. The molecule has 0 aliphatic carbocycles. The van der Waals surface area contributed by atoms with Gasteiger partial charge in [-0.1, -0.05) is 22.0 Å². The minimum absolute atomic E-state index is 0.526. The van der Waals surface area contributed by atoms with E-state index >= 15 is 0 Å². The predicted octanol–water partition coefficient (Wildman–Crippen LogP) is 2.61. The summed E-state index contributed by atoms with van der Waals surface area (Å²) in [5.41, 5.74) is 2.86. The van der Waals surface area contributed by atoms with E-state index in [0.29, 0.717) is 6.04 Å². The molecule has 2 heteroatoms. The molecule has 1 N–H and O–H groups in total. The van der Waals surface area contributed by atoms with Crippen molar-refractivity contribution in [1.82, 2.24) is 5.32 Å². The maximum atomic E-state index is 3.46. The van der Waals surface area contributed by atoms with E-state index in [2.05, 4.69) is 46.4 Å². The van der Waals surface area contributed by atoms with Crippen molar-refractivity contribution in [3.05, 3.63) is 33.8 Å². The Hall–Kier alpha value is -0.340. The zero-order valence-corrected chi connectivity index (χ0v) is 7.98. The highest BCUT2D eigenvalue weighted by Crippen LogP contribution is 2.26. The molecule has 0 radical (unpaired) electrons. The van der Waals surface area contributed by atoms with Crippen molar-refractivity contribution < 1.29 is 0 Å². The lowest BCUT2D eigenvalue weighted by Crippen LogP contribution is -2.06. The first-order valence-corrected chi connectivity index (χ1v) is 4.58. The molecule has 1 aliphatic rings. The van der Waals surface area contributed by atoms with E-state index in [1.807, 2.05) is 0 Å². The molecule has 11 heavy (non-hydrogen) atoms. The first kappa shape index (κ1) is 7.32. The third-order valence-electron chi connectivity index (χ3n) is 2.17. The van der Waals surface area contributed by atoms with Crippen LogP contribution in [0.4, 0.5) is 0 Å². The Morgan fingerprint density at radius 3 is 3.18 bits per heavy atom. The number of hydrogen-bond donors (Lipinski definition) is 1. The Balaban J connectivity index is 2.50. The van der Waals surface area contributed by atoms with Crippen LogP contribution in [0.3, 0.4) is 0 Å². The molecule has 0 amide bonds. The second-order valence-corrected chi connectivity index (χ2v) is 3.86. The minimum Gasteiger partial charge on any atom is -0.306 e. The fourth-order valence-corrected chi connectivity index (χ4v) is 1.93. The van der Waals surface area contributed by atoms with Crippen LogP contribution < -0.4 is 5.32 Å². The lowest BCUT2D eigenvalue weighted by Gasteiger charge is -2.02. The van der Waals surface area contributed by atoms with Gasteiger partial charge in [-0.2, -0.15) is 0 Å². The Morgan fingerprint density at radius 2 is 2.36 bits per heavy atom. The summed E-state index contributed by atoms with van der Waals surface area (Å²) >= 11 is 3.46. The van der Waals surface area contributed by atoms with Gasteiger partial charge in [0.2, 0.25) is 0 Å². The summed E-state index contributed by atoms with van der Waals surface area (Å²) in [6.45, 7) is 3.20. The Morgan fingerprint density at radius 1 is 1.55 bits per heavy atom. The van der Waals surface area contributed by atoms with E-state index in [1.54, 1.807) is 0 Å². The first-order valence-electron chi connectivity index (χ1n) is 3.79. The van der Waals surface area contributed by atoms with Gasteiger partial charge in [-0.15, -0.1) is 0 Å². The predicted molar refractivity (Wildman–Crippen MR) is 49.4 cm³/mol. The monoisotopic (exact) mass is 211 g/mol. The van der Waals surface area contributed by atoms with Crippen molar-refractivity contribution >= 4 is 15.9 Å². The Bertz CT molecular complexity index is 283. The van der Waals surface area contributed by atoms with Crippen molar-refractivity contribution in [3.63, 3.8) is 0 Å². The number of benzene rings is 1. The summed E-state index contributed by atoms with van der Waals surface area (Å²) in [6.07, 6.45) is 0. The summed E-state index contributed by atoms with van der Waals surface area (Å²) in [5.74, 6) is 0. The van der Waals surface area contributed by atoms with Crippen LogP contribution in [0.25, 0.3) is 0 Å². The second kappa shape index (κ2) is 2.61. The normalized spacial score (nSPS) is 21.8. The fraction of sp³-hybridized carbons (Fsp3) is 0.333. The van der Waals surface area contributed by atoms with Gasteiger partial charge in [-0.3, -0.25) is 0 Å². The number of fused-ring (bicyclic) bond motifs is 1. The molecule has 1 atom stereocenters. The molecule has 0 aromatic heterocycles. The van der Waals surface area contributed by atoms with E-state index in [0.717, 1.165) is 6.54 Å². The zero-order valence-electron chi connectivity index (χ0n) is 6.39. The number of hydrogen-bond acceptors (Lipinski definition) is 1. The van der Waals surface area contributed by atoms with Gasteiger partial charge in [-0.25, -0.2) is 0 Å². The molecule has 58 valence electrons. The molecule has 1 aliphatic heterocycles. The highest BCUT2D eigenvalue weighted by Gasteiger charge is 2.16. The van der Waals surface area contributed by atoms with Crippen molar-refractivity contribution in [2.24, 2.45) is 0 Å². The first-order chi connectivity index (χ1) is 5.27. The average molecular weight is 212 g/mol. The van der Waals surface area contributed by atoms with Crippen LogP contribution in [-0.2, 0) is 6.54 Å². The van der Waals surface area contributed by atoms with Crippen LogP contribution >= 0.6 is 15.9 Å². The minimum atomic E-state index is 0.526. The van der Waals surface area contributed by atoms with Crippen molar-refractivity contribution in [3.8, 4) is 0 Å². The van der Waals surface area contributed by atoms with Gasteiger partial charge in [-0.05, 0) is 30.2 Å². The summed E-state index contributed by atoms with van der Waals surface area (Å²) in [6, 6.07) is 7.00. The summed E-state index contributed by atoms with van der Waals surface area (Å²) in [5, 5.41) is 3.39. The molecule has 0 saturated heterocycles. The SMILES string of the molecule is CC1NCc2cc(Br)ccc21. The van der Waals surface area contributed by atoms with Gasteiger partial charge in [0.15, 0.2) is 0 Å². The molecular formula is C9H10BrN. The topological polar surface area (TPSA) is 12.0 Å². The maximum Gasteiger partial charge on any atom is 0.0298 e. The van der Waals surface area contributed by atoms with Crippen LogP contribution in [-0.4, -0.2) is 0 Å². The maximum absolute atomic E-state index is 3.46. The van der Waals surface area contributed by atoms with Gasteiger partial charge in [0.25, 0.3) is 0 Å². The van der Waals surface area contributed by atoms with Crippen LogP contribution in [0.2, 0.25) is 0 Å². The van der Waals surface area contributed by atoms with Crippen LogP contribution in [0, 0.1) is 0 Å². The standard InChI is InChI=1S/C9H10BrN/c1-6-9-3-2-8(10)4-7(9)5-11-6/h2-4,6,11H,5H2,1H3. The largest absolute Gasteiger partial charge is 0.306 e. The Kier molecular flexibility index (Phi) is 1.74. The summed E-state index contributed by atoms with van der Waals surface area (Å²) in [4.78, 5) is 0. The lowest BCUT2D eigenvalue weighted by molar-refractivity contribution is 0.633. The lowest BCUT2D eigenvalue weighted by atomic mass is 10.1. The zero-order chi connectivity index (χ0) is 7.84. The quantitative estimate of drug-likeness (QED) is 0.696. The fourth-order valence-electron chi connectivity index (χ4n) is 1.52. The summed E-state index contributed by atoms with van der Waals surface area (Å²) < 4.78 is 1.17. The second-order valence-electron chi connectivity index (χ2n) is 2.95. The van der Waals surface area contributed by atoms with Gasteiger partial charge in [0, 0.05) is 17.1 Å². The molecule has 0 spiro atoms. The van der Waals surface area contributed by atoms with E-state index in [-0.39, 0.29) is 0 Å². The van der Waals surface area contributed by atoms with Crippen molar-refractivity contribution in [2.75, 3.05) is 0 Å². The molecule has 1 heterocycles. The molecule has 0 fully saturated rings. The van der Waals surface area contributed by atoms with Crippen molar-refractivity contribution in [1.29, 1.82) is 0 Å². The molecule has 0 bridgehead atoms. The third kappa shape index (κ3) is 1.21. The van der Waals surface area contributed by atoms with Crippen molar-refractivity contribution in [2.45, 2.75) is 19.5 Å². The molecule has 1 nitrogen and oxygen atoms in total. The van der Waals surface area contributed by atoms with E-state index in [9.17, 15) is 0 Å². The number of nitrogens with one attached hydrogen (secondary N) is 1. The average Bonchev–Trinajstić information content (AvgIpc) is 2.32. The van der Waals surface area contributed by atoms with Crippen LogP contribution in [0.5, 0.6) is 0 Å². The molecular weight excluding hydrogens is 202 g/mol. The Labute approximate surface area is 74.9 Å². The summed E-state index contributed by atoms with van der Waals surface area (Å²) in [7, 11) is 0. The van der Waals surface area contributed by atoms with Crippen LogP contribution in [0.15, 0.2) is 22.7 Å². The third-order valence-corrected chi connectivity index (χ3v) is 2.66. The molecule has 1 aromatic carbocycles. The van der Waals surface area contributed by atoms with Gasteiger partial charge in [0.1, 0.15) is 0 Å². The number of halogens is 1.